The van der Waals surface area contributed by atoms with Crippen molar-refractivity contribution in [2.75, 3.05) is 38.0 Å². The molecule has 1 aromatic rings. The number of rotatable bonds is 4. The Kier molecular flexibility index (Phi) is 5.13. The first-order valence-corrected chi connectivity index (χ1v) is 6.65. The molecule has 114 valence electrons. The van der Waals surface area contributed by atoms with Crippen molar-refractivity contribution in [2.24, 2.45) is 5.92 Å². The molecule has 0 radical (unpaired) electrons. The Bertz CT molecular complexity index is 503. The van der Waals surface area contributed by atoms with Gasteiger partial charge in [0.1, 0.15) is 0 Å². The molecule has 0 aliphatic carbocycles. The first kappa shape index (κ1) is 15.3. The van der Waals surface area contributed by atoms with Crippen LogP contribution in [-0.2, 0) is 14.3 Å². The predicted molar refractivity (Wildman–Crippen MR) is 78.3 cm³/mol. The predicted octanol–water partition coefficient (Wildman–Crippen LogP) is 1.04. The molecule has 0 bridgehead atoms. The Morgan fingerprint density at radius 1 is 1.14 bits per heavy atom. The van der Waals surface area contributed by atoms with Gasteiger partial charge in [-0.2, -0.15) is 0 Å². The number of carbonyl (C=O) groups is 2. The van der Waals surface area contributed by atoms with Gasteiger partial charge in [-0.25, -0.2) is 4.79 Å². The second-order valence-corrected chi connectivity index (χ2v) is 4.72. The van der Waals surface area contributed by atoms with Gasteiger partial charge in [0.2, 0.25) is 5.91 Å². The molecular formula is C14H19N3O4. The van der Waals surface area contributed by atoms with E-state index in [2.05, 4.69) is 20.7 Å². The van der Waals surface area contributed by atoms with E-state index in [1.54, 1.807) is 24.3 Å². The molecule has 1 aliphatic heterocycles. The number of likely N-dealkylation sites (N-methyl/N-ethyl adjacent to an activating group) is 1. The Morgan fingerprint density at radius 3 is 2.33 bits per heavy atom. The maximum Gasteiger partial charge on any atom is 0.411 e. The normalized spacial score (nSPS) is 20.9. The minimum absolute atomic E-state index is 0.0327. The molecule has 1 saturated heterocycles. The molecule has 2 unspecified atom stereocenters. The van der Waals surface area contributed by atoms with E-state index in [0.717, 1.165) is 0 Å². The van der Waals surface area contributed by atoms with Crippen LogP contribution in [0.1, 0.15) is 0 Å². The number of hydrogen-bond acceptors (Lipinski definition) is 5. The molecule has 7 nitrogen and oxygen atoms in total. The summed E-state index contributed by atoms with van der Waals surface area (Å²) in [6, 6.07) is 6.84. The van der Waals surface area contributed by atoms with Crippen molar-refractivity contribution in [1.29, 1.82) is 0 Å². The van der Waals surface area contributed by atoms with Gasteiger partial charge in [0.25, 0.3) is 0 Å². The number of benzene rings is 1. The Balaban J connectivity index is 1.93. The third kappa shape index (κ3) is 3.93. The molecule has 7 heteroatoms. The lowest BCUT2D eigenvalue weighted by Crippen LogP contribution is -2.39. The van der Waals surface area contributed by atoms with E-state index in [0.29, 0.717) is 24.6 Å². The van der Waals surface area contributed by atoms with Crippen LogP contribution in [0.5, 0.6) is 0 Å². The molecule has 1 fully saturated rings. The van der Waals surface area contributed by atoms with Crippen molar-refractivity contribution in [3.63, 3.8) is 0 Å². The standard InChI is InChI=1S/C14H19N3O4/c1-15-12-8-21-7-11(12)13(18)16-9-3-5-10(6-4-9)17-14(19)20-2/h3-6,11-12,15H,7-8H2,1-2H3,(H,16,18)(H,17,19). The quantitative estimate of drug-likeness (QED) is 0.772. The summed E-state index contributed by atoms with van der Waals surface area (Å²) in [5.41, 5.74) is 1.26. The number of anilines is 2. The molecule has 0 saturated carbocycles. The lowest BCUT2D eigenvalue weighted by molar-refractivity contribution is -0.120. The Hall–Kier alpha value is -2.12. The van der Waals surface area contributed by atoms with Gasteiger partial charge in [0.05, 0.1) is 26.2 Å². The second-order valence-electron chi connectivity index (χ2n) is 4.72. The third-order valence-electron chi connectivity index (χ3n) is 3.37. The number of carbonyl (C=O) groups excluding carboxylic acids is 2. The third-order valence-corrected chi connectivity index (χ3v) is 3.37. The van der Waals surface area contributed by atoms with E-state index < -0.39 is 6.09 Å². The highest BCUT2D eigenvalue weighted by Gasteiger charge is 2.32. The summed E-state index contributed by atoms with van der Waals surface area (Å²) in [4.78, 5) is 23.2. The van der Waals surface area contributed by atoms with Crippen LogP contribution >= 0.6 is 0 Å². The highest BCUT2D eigenvalue weighted by Crippen LogP contribution is 2.18. The number of methoxy groups -OCH3 is 1. The van der Waals surface area contributed by atoms with Crippen molar-refractivity contribution >= 4 is 23.4 Å². The first-order chi connectivity index (χ1) is 10.1. The maximum absolute atomic E-state index is 12.2. The van der Waals surface area contributed by atoms with Crippen LogP contribution in [0.3, 0.4) is 0 Å². The lowest BCUT2D eigenvalue weighted by Gasteiger charge is -2.16. The molecule has 2 atom stereocenters. The number of hydrogen-bond donors (Lipinski definition) is 3. The number of amides is 2. The average molecular weight is 293 g/mol. The van der Waals surface area contributed by atoms with E-state index in [4.69, 9.17) is 4.74 Å². The lowest BCUT2D eigenvalue weighted by atomic mass is 10.0. The van der Waals surface area contributed by atoms with Crippen molar-refractivity contribution in [3.05, 3.63) is 24.3 Å². The fourth-order valence-electron chi connectivity index (χ4n) is 2.14. The summed E-state index contributed by atoms with van der Waals surface area (Å²) >= 11 is 0. The first-order valence-electron chi connectivity index (χ1n) is 6.65. The smallest absolute Gasteiger partial charge is 0.411 e. The van der Waals surface area contributed by atoms with Crippen LogP contribution < -0.4 is 16.0 Å². The molecule has 3 N–H and O–H groups in total. The van der Waals surface area contributed by atoms with Crippen LogP contribution in [0, 0.1) is 5.92 Å². The SMILES string of the molecule is CNC1COCC1C(=O)Nc1ccc(NC(=O)OC)cc1. The molecule has 0 spiro atoms. The maximum atomic E-state index is 12.2. The minimum Gasteiger partial charge on any atom is -0.453 e. The fraction of sp³-hybridized carbons (Fsp3) is 0.429. The van der Waals surface area contributed by atoms with E-state index in [1.807, 2.05) is 7.05 Å². The van der Waals surface area contributed by atoms with Crippen LogP contribution in [0.2, 0.25) is 0 Å². The molecule has 21 heavy (non-hydrogen) atoms. The van der Waals surface area contributed by atoms with Crippen molar-refractivity contribution in [3.8, 4) is 0 Å². The van der Waals surface area contributed by atoms with E-state index in [1.165, 1.54) is 7.11 Å². The topological polar surface area (TPSA) is 88.7 Å². The summed E-state index contributed by atoms with van der Waals surface area (Å²) in [6.45, 7) is 0.954. The fourth-order valence-corrected chi connectivity index (χ4v) is 2.14. The van der Waals surface area contributed by atoms with Gasteiger partial charge >= 0.3 is 6.09 Å². The van der Waals surface area contributed by atoms with Gasteiger partial charge in [-0.05, 0) is 31.3 Å². The van der Waals surface area contributed by atoms with Crippen LogP contribution in [-0.4, -0.2) is 45.4 Å². The minimum atomic E-state index is -0.535. The molecule has 1 aliphatic rings. The molecule has 2 amide bonds. The highest BCUT2D eigenvalue weighted by atomic mass is 16.5. The molecule has 2 rings (SSSR count). The number of nitrogens with one attached hydrogen (secondary N) is 3. The average Bonchev–Trinajstić information content (AvgIpc) is 2.97. The van der Waals surface area contributed by atoms with E-state index in [9.17, 15) is 9.59 Å². The monoisotopic (exact) mass is 293 g/mol. The van der Waals surface area contributed by atoms with Crippen LogP contribution in [0.15, 0.2) is 24.3 Å². The summed E-state index contributed by atoms with van der Waals surface area (Å²) in [5.74, 6) is -0.289. The van der Waals surface area contributed by atoms with Gasteiger partial charge in [-0.3, -0.25) is 10.1 Å². The van der Waals surface area contributed by atoms with Crippen molar-refractivity contribution < 1.29 is 19.1 Å². The largest absolute Gasteiger partial charge is 0.453 e. The summed E-state index contributed by atoms with van der Waals surface area (Å²) < 4.78 is 9.81. The van der Waals surface area contributed by atoms with E-state index >= 15 is 0 Å². The van der Waals surface area contributed by atoms with Gasteiger partial charge < -0.3 is 20.1 Å². The zero-order valence-electron chi connectivity index (χ0n) is 12.0. The molecule has 1 aromatic carbocycles. The Labute approximate surface area is 123 Å². The van der Waals surface area contributed by atoms with Gasteiger partial charge in [0, 0.05) is 17.4 Å². The molecule has 0 aromatic heterocycles. The van der Waals surface area contributed by atoms with Gasteiger partial charge in [-0.15, -0.1) is 0 Å². The van der Waals surface area contributed by atoms with Crippen LogP contribution in [0.4, 0.5) is 16.2 Å². The summed E-state index contributed by atoms with van der Waals surface area (Å²) in [5, 5.41) is 8.45. The number of ether oxygens (including phenoxy) is 2. The molecular weight excluding hydrogens is 274 g/mol. The summed E-state index contributed by atoms with van der Waals surface area (Å²) in [6.07, 6.45) is -0.535. The van der Waals surface area contributed by atoms with E-state index in [-0.39, 0.29) is 17.9 Å². The van der Waals surface area contributed by atoms with Gasteiger partial charge in [0.15, 0.2) is 0 Å². The molecule has 1 heterocycles. The summed E-state index contributed by atoms with van der Waals surface area (Å²) in [7, 11) is 3.11. The zero-order chi connectivity index (χ0) is 15.2. The van der Waals surface area contributed by atoms with Crippen molar-refractivity contribution in [2.45, 2.75) is 6.04 Å². The van der Waals surface area contributed by atoms with Gasteiger partial charge in [-0.1, -0.05) is 0 Å². The second kappa shape index (κ2) is 7.05. The Morgan fingerprint density at radius 2 is 1.76 bits per heavy atom. The van der Waals surface area contributed by atoms with Crippen molar-refractivity contribution in [1.82, 2.24) is 5.32 Å². The highest BCUT2D eigenvalue weighted by molar-refractivity contribution is 5.93. The zero-order valence-corrected chi connectivity index (χ0v) is 12.0. The van der Waals surface area contributed by atoms with Crippen LogP contribution in [0.25, 0.3) is 0 Å².